The number of hydrogen-bond acceptors (Lipinski definition) is 6. The van der Waals surface area contributed by atoms with Crippen molar-refractivity contribution in [2.45, 2.75) is 123 Å². The minimum Gasteiger partial charge on any atom is -0.462 e. The number of carbonyl (C=O) groups excluding carboxylic acids is 1. The predicted molar refractivity (Wildman–Crippen MR) is 139 cm³/mol. The zero-order valence-corrected chi connectivity index (χ0v) is 23.0. The lowest BCUT2D eigenvalue weighted by Gasteiger charge is -2.19. The topological polar surface area (TPSA) is 68.2 Å². The number of nitrogens with zero attached hydrogens (tertiary/aromatic N) is 1. The van der Waals surface area contributed by atoms with Gasteiger partial charge in [0.25, 0.3) is 6.47 Å². The Morgan fingerprint density at radius 1 is 0.818 bits per heavy atom. The van der Waals surface area contributed by atoms with Crippen LogP contribution < -0.4 is 0 Å². The van der Waals surface area contributed by atoms with Gasteiger partial charge in [-0.15, -0.1) is 0 Å². The molecule has 7 heteroatoms. The van der Waals surface area contributed by atoms with Gasteiger partial charge in [0.05, 0.1) is 13.2 Å². The fourth-order valence-electron chi connectivity index (χ4n) is 3.88. The Morgan fingerprint density at radius 2 is 1.36 bits per heavy atom. The number of likely N-dealkylation sites (N-methyl/N-ethyl adjacent to an activating group) is 1. The van der Waals surface area contributed by atoms with E-state index in [1.807, 2.05) is 19.0 Å². The third kappa shape index (κ3) is 24.7. The number of ether oxygens (including phenoxy) is 1. The summed E-state index contributed by atoms with van der Waals surface area (Å²) in [6.45, 7) is 6.31. The van der Waals surface area contributed by atoms with E-state index in [2.05, 4.69) is 13.8 Å². The van der Waals surface area contributed by atoms with E-state index in [4.69, 9.17) is 13.8 Å². The van der Waals surface area contributed by atoms with Crippen LogP contribution in [0.5, 0.6) is 0 Å². The van der Waals surface area contributed by atoms with Crippen molar-refractivity contribution in [3.8, 4) is 0 Å². The summed E-state index contributed by atoms with van der Waals surface area (Å²) < 4.78 is 15.7. The highest BCUT2D eigenvalue weighted by molar-refractivity contribution is 7.40. The SMILES string of the molecule is CCCCCCCCCCCCCCCC(C)CCC(COP(O)OCCN(C)C)OC=O. The number of hydrogen-bond donors (Lipinski definition) is 1. The fraction of sp³-hybridized carbons (Fsp3) is 0.962. The van der Waals surface area contributed by atoms with E-state index < -0.39 is 8.60 Å². The van der Waals surface area contributed by atoms with Crippen LogP contribution in [0, 0.1) is 5.92 Å². The van der Waals surface area contributed by atoms with Crippen molar-refractivity contribution < 1.29 is 23.5 Å². The molecule has 6 nitrogen and oxygen atoms in total. The average Bonchev–Trinajstić information content (AvgIpc) is 2.78. The highest BCUT2D eigenvalue weighted by Gasteiger charge is 2.16. The molecule has 0 aliphatic heterocycles. The molecule has 0 saturated carbocycles. The van der Waals surface area contributed by atoms with E-state index in [1.54, 1.807) is 0 Å². The Morgan fingerprint density at radius 3 is 1.88 bits per heavy atom. The molecule has 1 N–H and O–H groups in total. The molecule has 0 aliphatic carbocycles. The molecule has 0 radical (unpaired) electrons. The Balaban J connectivity index is 3.63. The summed E-state index contributed by atoms with van der Waals surface area (Å²) in [7, 11) is 1.96. The van der Waals surface area contributed by atoms with Crippen LogP contribution in [-0.2, 0) is 18.6 Å². The quantitative estimate of drug-likeness (QED) is 0.0781. The van der Waals surface area contributed by atoms with Gasteiger partial charge in [0.2, 0.25) is 0 Å². The highest BCUT2D eigenvalue weighted by Crippen LogP contribution is 2.33. The first kappa shape index (κ1) is 32.7. The zero-order chi connectivity index (χ0) is 24.6. The molecular formula is C26H54NO5P. The molecule has 0 heterocycles. The zero-order valence-electron chi connectivity index (χ0n) is 22.1. The maximum absolute atomic E-state index is 10.8. The van der Waals surface area contributed by atoms with Crippen molar-refractivity contribution in [3.63, 3.8) is 0 Å². The van der Waals surface area contributed by atoms with Crippen LogP contribution in [0.3, 0.4) is 0 Å². The molecule has 0 aromatic rings. The standard InChI is InChI=1S/C26H54NO5P/c1-5-6-7-8-9-10-11-12-13-14-15-16-17-18-25(2)19-20-26(30-24-28)23-32-33(29)31-22-21-27(3)4/h24-26,29H,5-23H2,1-4H3. The van der Waals surface area contributed by atoms with Gasteiger partial charge in [-0.25, -0.2) is 0 Å². The van der Waals surface area contributed by atoms with Crippen LogP contribution >= 0.6 is 8.60 Å². The first-order chi connectivity index (χ1) is 16.0. The second-order valence-corrected chi connectivity index (χ2v) is 10.7. The summed E-state index contributed by atoms with van der Waals surface area (Å²) in [5.41, 5.74) is 0. The molecule has 0 saturated heterocycles. The van der Waals surface area contributed by atoms with Gasteiger partial charge in [-0.1, -0.05) is 104 Å². The lowest BCUT2D eigenvalue weighted by Crippen LogP contribution is -2.20. The Labute approximate surface area is 206 Å². The third-order valence-electron chi connectivity index (χ3n) is 6.14. The molecule has 198 valence electrons. The number of unbranched alkanes of at least 4 members (excludes halogenated alkanes) is 12. The summed E-state index contributed by atoms with van der Waals surface area (Å²) in [6, 6.07) is 0. The molecule has 0 aromatic carbocycles. The molecule has 0 aromatic heterocycles. The lowest BCUT2D eigenvalue weighted by molar-refractivity contribution is -0.135. The van der Waals surface area contributed by atoms with Gasteiger partial charge >= 0.3 is 8.60 Å². The minimum atomic E-state index is -1.93. The maximum atomic E-state index is 10.8. The molecule has 0 amide bonds. The highest BCUT2D eigenvalue weighted by atomic mass is 31.2. The second kappa shape index (κ2) is 24.9. The Bertz CT molecular complexity index is 414. The number of carbonyl (C=O) groups is 1. The van der Waals surface area contributed by atoms with Crippen molar-refractivity contribution in [1.29, 1.82) is 0 Å². The summed E-state index contributed by atoms with van der Waals surface area (Å²) in [6.07, 6.45) is 20.6. The van der Waals surface area contributed by atoms with E-state index in [0.29, 0.717) is 25.5 Å². The van der Waals surface area contributed by atoms with Crippen LogP contribution in [-0.4, -0.2) is 56.2 Å². The van der Waals surface area contributed by atoms with Crippen molar-refractivity contribution >= 4 is 15.1 Å². The van der Waals surface area contributed by atoms with E-state index in [9.17, 15) is 9.69 Å². The molecule has 0 rings (SSSR count). The van der Waals surface area contributed by atoms with Crippen LogP contribution in [0.1, 0.15) is 117 Å². The van der Waals surface area contributed by atoms with E-state index in [1.165, 1.54) is 89.9 Å². The lowest BCUT2D eigenvalue weighted by atomic mass is 9.96. The molecule has 0 aliphatic rings. The van der Waals surface area contributed by atoms with Gasteiger partial charge in [0, 0.05) is 6.54 Å². The third-order valence-corrected chi connectivity index (χ3v) is 6.91. The fourth-order valence-corrected chi connectivity index (χ4v) is 4.49. The van der Waals surface area contributed by atoms with Crippen LogP contribution in [0.25, 0.3) is 0 Å². The molecule has 0 spiro atoms. The van der Waals surface area contributed by atoms with Crippen molar-refractivity contribution in [1.82, 2.24) is 4.90 Å². The first-order valence-electron chi connectivity index (χ1n) is 13.5. The van der Waals surface area contributed by atoms with Gasteiger partial charge in [-0.05, 0) is 32.9 Å². The van der Waals surface area contributed by atoms with E-state index >= 15 is 0 Å². The molecule has 0 fully saturated rings. The summed E-state index contributed by atoms with van der Waals surface area (Å²) in [4.78, 5) is 22.6. The molecule has 3 unspecified atom stereocenters. The molecule has 33 heavy (non-hydrogen) atoms. The molecule has 3 atom stereocenters. The monoisotopic (exact) mass is 491 g/mol. The van der Waals surface area contributed by atoms with E-state index in [0.717, 1.165) is 12.8 Å². The summed E-state index contributed by atoms with van der Waals surface area (Å²) in [5, 5.41) is 0. The Kier molecular flexibility index (Phi) is 24.7. The predicted octanol–water partition coefficient (Wildman–Crippen LogP) is 7.24. The van der Waals surface area contributed by atoms with Crippen LogP contribution in [0.15, 0.2) is 0 Å². The minimum absolute atomic E-state index is 0.175. The van der Waals surface area contributed by atoms with Gasteiger partial charge in [0.1, 0.15) is 6.10 Å². The largest absolute Gasteiger partial charge is 0.462 e. The van der Waals surface area contributed by atoms with Crippen molar-refractivity contribution in [3.05, 3.63) is 0 Å². The summed E-state index contributed by atoms with van der Waals surface area (Å²) >= 11 is 0. The van der Waals surface area contributed by atoms with Gasteiger partial charge < -0.3 is 23.6 Å². The Hall–Kier alpha value is -0.260. The molecular weight excluding hydrogens is 437 g/mol. The van der Waals surface area contributed by atoms with Crippen LogP contribution in [0.2, 0.25) is 0 Å². The van der Waals surface area contributed by atoms with E-state index in [-0.39, 0.29) is 12.7 Å². The maximum Gasteiger partial charge on any atom is 0.330 e. The second-order valence-electron chi connectivity index (χ2n) is 9.74. The first-order valence-corrected chi connectivity index (χ1v) is 14.6. The smallest absolute Gasteiger partial charge is 0.330 e. The van der Waals surface area contributed by atoms with Crippen LogP contribution in [0.4, 0.5) is 0 Å². The van der Waals surface area contributed by atoms with Gasteiger partial charge in [0.15, 0.2) is 0 Å². The number of rotatable bonds is 26. The van der Waals surface area contributed by atoms with Gasteiger partial charge in [-0.2, -0.15) is 0 Å². The average molecular weight is 492 g/mol. The van der Waals surface area contributed by atoms with Gasteiger partial charge in [-0.3, -0.25) is 4.79 Å². The van der Waals surface area contributed by atoms with Crippen molar-refractivity contribution in [2.75, 3.05) is 33.9 Å². The van der Waals surface area contributed by atoms with Crippen molar-refractivity contribution in [2.24, 2.45) is 5.92 Å². The normalized spacial score (nSPS) is 14.4. The summed E-state index contributed by atoms with van der Waals surface area (Å²) in [5.74, 6) is 0.599. The molecule has 0 bridgehead atoms.